The van der Waals surface area contributed by atoms with Crippen LogP contribution in [-0.4, -0.2) is 57.7 Å². The van der Waals surface area contributed by atoms with Gasteiger partial charge in [0.2, 0.25) is 0 Å². The van der Waals surface area contributed by atoms with E-state index >= 15 is 0 Å². The Bertz CT molecular complexity index is 1000. The van der Waals surface area contributed by atoms with E-state index in [0.717, 1.165) is 0 Å². The van der Waals surface area contributed by atoms with Gasteiger partial charge in [0, 0.05) is 35.4 Å². The summed E-state index contributed by atoms with van der Waals surface area (Å²) in [5, 5.41) is 41.8. The summed E-state index contributed by atoms with van der Waals surface area (Å²) in [6.45, 7) is -0.564. The summed E-state index contributed by atoms with van der Waals surface area (Å²) < 4.78 is 23.2. The van der Waals surface area contributed by atoms with E-state index in [0.29, 0.717) is 11.1 Å². The summed E-state index contributed by atoms with van der Waals surface area (Å²) in [5.74, 6) is 0. The number of hydrogen-bond acceptors (Lipinski definition) is 10. The van der Waals surface area contributed by atoms with E-state index in [2.05, 4.69) is 0 Å². The molecule has 2 aromatic rings. The Hall–Kier alpha value is -3.00. The maximum absolute atomic E-state index is 11.1. The minimum absolute atomic E-state index is 0.0394. The number of aliphatic hydroxyl groups excluding tert-OH is 2. The lowest BCUT2D eigenvalue weighted by atomic mass is 10.0. The fourth-order valence-corrected chi connectivity index (χ4v) is 3.68. The highest BCUT2D eigenvalue weighted by atomic mass is 16.8. The van der Waals surface area contributed by atoms with Gasteiger partial charge in [0.1, 0.15) is 24.4 Å². The molecule has 0 saturated carbocycles. The Kier molecular flexibility index (Phi) is 6.41. The molecule has 2 unspecified atom stereocenters. The van der Waals surface area contributed by atoms with Crippen LogP contribution in [0.4, 0.5) is 11.4 Å². The van der Waals surface area contributed by atoms with Crippen molar-refractivity contribution in [3.8, 4) is 0 Å². The number of hydrogen-bond donors (Lipinski definition) is 2. The highest BCUT2D eigenvalue weighted by Gasteiger charge is 2.48. The predicted molar refractivity (Wildman–Crippen MR) is 105 cm³/mol. The van der Waals surface area contributed by atoms with E-state index < -0.39 is 53.4 Å². The number of aliphatic hydroxyl groups is 2. The summed E-state index contributed by atoms with van der Waals surface area (Å²) in [6.07, 6.45) is -5.83. The van der Waals surface area contributed by atoms with Crippen molar-refractivity contribution in [3.63, 3.8) is 0 Å². The lowest BCUT2D eigenvalue weighted by Gasteiger charge is -2.24. The molecule has 170 valence electrons. The van der Waals surface area contributed by atoms with Gasteiger partial charge in [-0.2, -0.15) is 0 Å². The highest BCUT2D eigenvalue weighted by molar-refractivity contribution is 5.36. The summed E-state index contributed by atoms with van der Waals surface area (Å²) in [6, 6.07) is 11.5. The first kappa shape index (κ1) is 22.2. The first-order valence-corrected chi connectivity index (χ1v) is 9.73. The zero-order valence-corrected chi connectivity index (χ0v) is 16.6. The second-order valence-corrected chi connectivity index (χ2v) is 7.33. The first-order valence-electron chi connectivity index (χ1n) is 9.73. The molecule has 2 aromatic carbocycles. The maximum Gasteiger partial charge on any atom is 0.269 e. The Labute approximate surface area is 181 Å². The number of nitro groups is 2. The van der Waals surface area contributed by atoms with E-state index in [1.54, 1.807) is 12.1 Å². The molecule has 0 radical (unpaired) electrons. The third-order valence-corrected chi connectivity index (χ3v) is 5.23. The predicted octanol–water partition coefficient (Wildman–Crippen LogP) is 1.75. The van der Waals surface area contributed by atoms with Crippen molar-refractivity contribution in [3.05, 3.63) is 79.9 Å². The van der Waals surface area contributed by atoms with Crippen molar-refractivity contribution >= 4 is 11.4 Å². The van der Waals surface area contributed by atoms with Crippen LogP contribution in [0.15, 0.2) is 48.5 Å². The molecule has 12 heteroatoms. The van der Waals surface area contributed by atoms with E-state index in [4.69, 9.17) is 18.9 Å². The smallest absolute Gasteiger partial charge is 0.269 e. The van der Waals surface area contributed by atoms with Gasteiger partial charge in [0.25, 0.3) is 11.4 Å². The Morgan fingerprint density at radius 3 is 2.09 bits per heavy atom. The largest absolute Gasteiger partial charge is 0.394 e. The summed E-state index contributed by atoms with van der Waals surface area (Å²) in [5.41, 5.74) is 0.544. The first-order chi connectivity index (χ1) is 15.4. The fourth-order valence-electron chi connectivity index (χ4n) is 3.68. The molecule has 0 bridgehead atoms. The quantitative estimate of drug-likeness (QED) is 0.471. The average Bonchev–Trinajstić information content (AvgIpc) is 3.46. The molecular formula is C20H20N2O10. The zero-order chi connectivity index (χ0) is 22.8. The molecule has 2 saturated heterocycles. The highest BCUT2D eigenvalue weighted by Crippen LogP contribution is 2.39. The third kappa shape index (κ3) is 4.46. The molecule has 0 aromatic heterocycles. The van der Waals surface area contributed by atoms with Crippen molar-refractivity contribution < 1.29 is 39.0 Å². The summed E-state index contributed by atoms with van der Waals surface area (Å²) >= 11 is 0. The third-order valence-electron chi connectivity index (χ3n) is 5.23. The van der Waals surface area contributed by atoms with Crippen LogP contribution in [0, 0.1) is 20.2 Å². The molecule has 2 heterocycles. The maximum atomic E-state index is 11.1. The Balaban J connectivity index is 1.52. The molecule has 0 aliphatic carbocycles. The SMILES string of the molecule is O=[N+]([O-])c1cccc(C2O[C@H]([C@H](O)CO)[C@@H]([C@@H]3COC(c4cccc([N+](=O)[O-])c4)O3)O2)c1. The van der Waals surface area contributed by atoms with Gasteiger partial charge in [-0.15, -0.1) is 0 Å². The second kappa shape index (κ2) is 9.24. The van der Waals surface area contributed by atoms with Gasteiger partial charge in [-0.25, -0.2) is 0 Å². The van der Waals surface area contributed by atoms with E-state index in [1.165, 1.54) is 36.4 Å². The number of ether oxygens (including phenoxy) is 4. The minimum Gasteiger partial charge on any atom is -0.394 e. The zero-order valence-electron chi connectivity index (χ0n) is 16.6. The average molecular weight is 448 g/mol. The Morgan fingerprint density at radius 1 is 0.938 bits per heavy atom. The van der Waals surface area contributed by atoms with Crippen LogP contribution in [0.25, 0.3) is 0 Å². The molecule has 2 aliphatic rings. The molecule has 2 N–H and O–H groups in total. The number of nitrogens with zero attached hydrogens (tertiary/aromatic N) is 2. The molecule has 4 rings (SSSR count). The van der Waals surface area contributed by atoms with Gasteiger partial charge in [-0.3, -0.25) is 20.2 Å². The monoisotopic (exact) mass is 448 g/mol. The van der Waals surface area contributed by atoms with E-state index in [9.17, 15) is 30.4 Å². The molecule has 32 heavy (non-hydrogen) atoms. The van der Waals surface area contributed by atoms with Gasteiger partial charge >= 0.3 is 0 Å². The number of benzene rings is 2. The molecule has 6 atom stereocenters. The molecule has 0 amide bonds. The summed E-state index contributed by atoms with van der Waals surface area (Å²) in [4.78, 5) is 21.0. The molecular weight excluding hydrogens is 428 g/mol. The van der Waals surface area contributed by atoms with Gasteiger partial charge in [0.15, 0.2) is 12.6 Å². The van der Waals surface area contributed by atoms with E-state index in [1.807, 2.05) is 0 Å². The topological polar surface area (TPSA) is 164 Å². The lowest BCUT2D eigenvalue weighted by Crippen LogP contribution is -2.44. The van der Waals surface area contributed by atoms with Crippen molar-refractivity contribution in [2.45, 2.75) is 37.0 Å². The van der Waals surface area contributed by atoms with Crippen LogP contribution >= 0.6 is 0 Å². The second-order valence-electron chi connectivity index (χ2n) is 7.33. The fraction of sp³-hybridized carbons (Fsp3) is 0.400. The lowest BCUT2D eigenvalue weighted by molar-refractivity contribution is -0.385. The minimum atomic E-state index is -1.30. The van der Waals surface area contributed by atoms with Crippen molar-refractivity contribution in [2.75, 3.05) is 13.2 Å². The van der Waals surface area contributed by atoms with Gasteiger partial charge in [-0.05, 0) is 0 Å². The van der Waals surface area contributed by atoms with E-state index in [-0.39, 0.29) is 18.0 Å². The van der Waals surface area contributed by atoms with Crippen LogP contribution in [-0.2, 0) is 18.9 Å². The van der Waals surface area contributed by atoms with Crippen molar-refractivity contribution in [1.29, 1.82) is 0 Å². The van der Waals surface area contributed by atoms with Crippen LogP contribution in [0.5, 0.6) is 0 Å². The van der Waals surface area contributed by atoms with Gasteiger partial charge in [0.05, 0.1) is 23.1 Å². The molecule has 2 aliphatic heterocycles. The van der Waals surface area contributed by atoms with Crippen LogP contribution in [0.1, 0.15) is 23.7 Å². The van der Waals surface area contributed by atoms with Crippen LogP contribution < -0.4 is 0 Å². The van der Waals surface area contributed by atoms with Gasteiger partial charge in [-0.1, -0.05) is 24.3 Å². The summed E-state index contributed by atoms with van der Waals surface area (Å²) in [7, 11) is 0. The normalized spacial score (nSPS) is 28.5. The molecule has 0 spiro atoms. The number of nitro benzene ring substituents is 2. The number of rotatable bonds is 7. The van der Waals surface area contributed by atoms with Crippen molar-refractivity contribution in [2.24, 2.45) is 0 Å². The Morgan fingerprint density at radius 2 is 1.53 bits per heavy atom. The molecule has 12 nitrogen and oxygen atoms in total. The van der Waals surface area contributed by atoms with Crippen LogP contribution in [0.2, 0.25) is 0 Å². The van der Waals surface area contributed by atoms with Crippen LogP contribution in [0.3, 0.4) is 0 Å². The van der Waals surface area contributed by atoms with Crippen molar-refractivity contribution in [1.82, 2.24) is 0 Å². The number of non-ortho nitro benzene ring substituents is 2. The van der Waals surface area contributed by atoms with Gasteiger partial charge < -0.3 is 29.2 Å². The standard InChI is InChI=1S/C20H20N2O10/c23-9-15(24)17-18(32-20(31-17)12-4-2-6-14(8-12)22(27)28)16-10-29-19(30-16)11-3-1-5-13(7-11)21(25)26/h1-8,15-20,23-24H,9-10H2/t15-,16+,17-,18-,19?,20?/m1/s1. The molecule has 2 fully saturated rings.